The number of alkyl halides is 1. The molecule has 0 radical (unpaired) electrons. The number of hydrogen-bond donors (Lipinski definition) is 2. The first-order chi connectivity index (χ1) is 14.8. The molecular formula is C22H25FN6O. The molecule has 0 amide bonds. The first-order valence-corrected chi connectivity index (χ1v) is 10.1. The van der Waals surface area contributed by atoms with E-state index in [1.165, 1.54) is 0 Å². The van der Waals surface area contributed by atoms with Crippen LogP contribution in [-0.4, -0.2) is 55.7 Å². The van der Waals surface area contributed by atoms with Gasteiger partial charge in [-0.25, -0.2) is 9.37 Å². The first kappa shape index (κ1) is 17.8. The van der Waals surface area contributed by atoms with Crippen LogP contribution in [0.4, 0.5) is 10.2 Å². The minimum Gasteiger partial charge on any atom is -0.507 e. The zero-order valence-corrected chi connectivity index (χ0v) is 17.0. The third-order valence-electron chi connectivity index (χ3n) is 6.34. The standard InChI is InChI=1S/C22H25FN6O/c1-22-12-16(9-14(25-22)10-20(22)23)28(2)21-6-5-18(26-27-21)17-4-3-15(11-19(17)30)29-8-7-24-13-29/h3-8,11,13-14,16,20,25,30H,9-10,12H2,1-2H3/t14-,16+,20-,22+/m1/s1/i14D. The van der Waals surface area contributed by atoms with E-state index in [4.69, 9.17) is 1.37 Å². The number of nitrogens with zero attached hydrogens (tertiary/aromatic N) is 5. The number of rotatable bonds is 4. The molecule has 1 aromatic carbocycles. The van der Waals surface area contributed by atoms with E-state index in [0.717, 1.165) is 5.69 Å². The number of anilines is 1. The van der Waals surface area contributed by atoms with Crippen molar-refractivity contribution in [1.82, 2.24) is 25.1 Å². The predicted molar refractivity (Wildman–Crippen MR) is 113 cm³/mol. The monoisotopic (exact) mass is 409 g/mol. The van der Waals surface area contributed by atoms with Gasteiger partial charge >= 0.3 is 0 Å². The lowest BCUT2D eigenvalue weighted by molar-refractivity contribution is 0.181. The van der Waals surface area contributed by atoms with E-state index in [0.29, 0.717) is 29.9 Å². The number of aromatic hydroxyl groups is 1. The van der Waals surface area contributed by atoms with Crippen molar-refractivity contribution < 1.29 is 10.9 Å². The zero-order chi connectivity index (χ0) is 21.8. The van der Waals surface area contributed by atoms with Crippen LogP contribution < -0.4 is 10.2 Å². The quantitative estimate of drug-likeness (QED) is 0.689. The average Bonchev–Trinajstić information content (AvgIpc) is 3.32. The number of piperidine rings is 1. The summed E-state index contributed by atoms with van der Waals surface area (Å²) in [7, 11) is 1.91. The van der Waals surface area contributed by atoms with Gasteiger partial charge in [0.15, 0.2) is 5.82 Å². The summed E-state index contributed by atoms with van der Waals surface area (Å²) in [5.41, 5.74) is 1.26. The minimum atomic E-state index is -1.02. The Bertz CT molecular complexity index is 1090. The molecule has 2 aliphatic heterocycles. The highest BCUT2D eigenvalue weighted by Gasteiger charge is 2.50. The van der Waals surface area contributed by atoms with Gasteiger partial charge in [-0.2, -0.15) is 0 Å². The highest BCUT2D eigenvalue weighted by atomic mass is 19.1. The number of benzene rings is 1. The number of nitrogens with one attached hydrogen (secondary N) is 1. The average molecular weight is 409 g/mol. The predicted octanol–water partition coefficient (Wildman–Crippen LogP) is 3.09. The summed E-state index contributed by atoms with van der Waals surface area (Å²) in [5.74, 6) is 0.766. The number of hydrogen-bond acceptors (Lipinski definition) is 6. The van der Waals surface area contributed by atoms with Gasteiger partial charge in [0.1, 0.15) is 11.9 Å². The van der Waals surface area contributed by atoms with E-state index in [-0.39, 0.29) is 18.2 Å². The molecule has 2 saturated heterocycles. The van der Waals surface area contributed by atoms with Gasteiger partial charge in [0.05, 0.1) is 17.7 Å². The molecule has 5 rings (SSSR count). The van der Waals surface area contributed by atoms with Gasteiger partial charge in [0, 0.05) is 50.0 Å². The Hall–Kier alpha value is -3.00. The molecule has 7 nitrogen and oxygen atoms in total. The molecule has 2 fully saturated rings. The molecule has 4 atom stereocenters. The maximum absolute atomic E-state index is 14.5. The van der Waals surface area contributed by atoms with Gasteiger partial charge in [-0.1, -0.05) is 0 Å². The van der Waals surface area contributed by atoms with E-state index in [9.17, 15) is 9.50 Å². The summed E-state index contributed by atoms with van der Waals surface area (Å²) < 4.78 is 24.8. The molecule has 2 aromatic heterocycles. The van der Waals surface area contributed by atoms with Gasteiger partial charge in [-0.15, -0.1) is 10.2 Å². The molecule has 2 bridgehead atoms. The van der Waals surface area contributed by atoms with Gasteiger partial charge in [-0.3, -0.25) is 0 Å². The fraction of sp³-hybridized carbons (Fsp3) is 0.409. The maximum Gasteiger partial charge on any atom is 0.151 e. The van der Waals surface area contributed by atoms with Crippen molar-refractivity contribution in [2.45, 2.75) is 50.0 Å². The zero-order valence-electron chi connectivity index (χ0n) is 18.0. The number of phenols is 1. The van der Waals surface area contributed by atoms with Crippen molar-refractivity contribution in [2.75, 3.05) is 11.9 Å². The fourth-order valence-electron chi connectivity index (χ4n) is 4.56. The van der Waals surface area contributed by atoms with E-state index >= 15 is 0 Å². The third-order valence-corrected chi connectivity index (χ3v) is 6.34. The number of halogens is 1. The van der Waals surface area contributed by atoms with Crippen LogP contribution in [0.3, 0.4) is 0 Å². The Morgan fingerprint density at radius 1 is 1.30 bits per heavy atom. The van der Waals surface area contributed by atoms with Crippen molar-refractivity contribution in [2.24, 2.45) is 0 Å². The van der Waals surface area contributed by atoms with Crippen LogP contribution >= 0.6 is 0 Å². The topological polar surface area (TPSA) is 79.1 Å². The molecule has 2 aliphatic rings. The summed E-state index contributed by atoms with van der Waals surface area (Å²) in [6.45, 7) is 1.86. The van der Waals surface area contributed by atoms with Crippen LogP contribution in [0.5, 0.6) is 5.75 Å². The highest BCUT2D eigenvalue weighted by molar-refractivity contribution is 5.69. The van der Waals surface area contributed by atoms with Crippen molar-refractivity contribution in [3.05, 3.63) is 49.1 Å². The molecule has 0 aliphatic carbocycles. The smallest absolute Gasteiger partial charge is 0.151 e. The van der Waals surface area contributed by atoms with Gasteiger partial charge < -0.3 is 19.9 Å². The summed E-state index contributed by atoms with van der Waals surface area (Å²) in [5, 5.41) is 22.3. The van der Waals surface area contributed by atoms with Crippen LogP contribution in [0, 0.1) is 0 Å². The highest BCUT2D eigenvalue weighted by Crippen LogP contribution is 2.40. The summed E-state index contributed by atoms with van der Waals surface area (Å²) in [6, 6.07) is 8.05. The SMILES string of the molecule is [2H][C@]12C[C@H](N(C)c3ccc(-c4ccc(-n5ccnc5)cc4O)nn3)C[C@](C)(N1)[C@H](F)C2. The van der Waals surface area contributed by atoms with Crippen LogP contribution in [0.1, 0.15) is 27.6 Å². The number of imidazole rings is 1. The molecular weight excluding hydrogens is 383 g/mol. The van der Waals surface area contributed by atoms with Crippen molar-refractivity contribution in [1.29, 1.82) is 0 Å². The van der Waals surface area contributed by atoms with E-state index in [2.05, 4.69) is 20.5 Å². The lowest BCUT2D eigenvalue weighted by Crippen LogP contribution is -2.55. The minimum absolute atomic E-state index is 0.00693. The van der Waals surface area contributed by atoms with Crippen LogP contribution in [0.2, 0.25) is 0 Å². The van der Waals surface area contributed by atoms with E-state index in [1.807, 2.05) is 37.1 Å². The van der Waals surface area contributed by atoms with Crippen molar-refractivity contribution in [3.63, 3.8) is 0 Å². The van der Waals surface area contributed by atoms with E-state index < -0.39 is 17.7 Å². The summed E-state index contributed by atoms with van der Waals surface area (Å²) >= 11 is 0. The normalized spacial score (nSPS) is 30.8. The van der Waals surface area contributed by atoms with Crippen molar-refractivity contribution >= 4 is 5.82 Å². The lowest BCUT2D eigenvalue weighted by Gasteiger charge is -2.41. The molecule has 4 heterocycles. The number of fused-ring (bicyclic) bond motifs is 2. The Labute approximate surface area is 176 Å². The Balaban J connectivity index is 1.36. The Morgan fingerprint density at radius 2 is 2.17 bits per heavy atom. The van der Waals surface area contributed by atoms with Gasteiger partial charge in [-0.05, 0) is 50.5 Å². The van der Waals surface area contributed by atoms with Crippen LogP contribution in [-0.2, 0) is 0 Å². The summed E-state index contributed by atoms with van der Waals surface area (Å²) in [4.78, 5) is 6.00. The summed E-state index contributed by atoms with van der Waals surface area (Å²) in [6.07, 6.45) is 5.47. The number of aromatic nitrogens is 4. The second-order valence-electron chi connectivity index (χ2n) is 8.44. The molecule has 2 N–H and O–H groups in total. The second-order valence-corrected chi connectivity index (χ2v) is 8.44. The van der Waals surface area contributed by atoms with Gasteiger partial charge in [0.2, 0.25) is 0 Å². The van der Waals surface area contributed by atoms with Crippen LogP contribution in [0.25, 0.3) is 16.9 Å². The Morgan fingerprint density at radius 3 is 2.83 bits per heavy atom. The lowest BCUT2D eigenvalue weighted by atomic mass is 9.88. The fourth-order valence-corrected chi connectivity index (χ4v) is 4.56. The van der Waals surface area contributed by atoms with Crippen LogP contribution in [0.15, 0.2) is 49.1 Å². The molecule has 3 aromatic rings. The molecule has 156 valence electrons. The van der Waals surface area contributed by atoms with Crippen molar-refractivity contribution in [3.8, 4) is 22.7 Å². The maximum atomic E-state index is 14.5. The second kappa shape index (κ2) is 7.05. The molecule has 30 heavy (non-hydrogen) atoms. The van der Waals surface area contributed by atoms with E-state index in [1.54, 1.807) is 35.4 Å². The third kappa shape index (κ3) is 3.21. The molecule has 0 spiro atoms. The Kier molecular flexibility index (Phi) is 4.19. The molecule has 8 heteroatoms. The number of phenolic OH excluding ortho intramolecular Hbond substituents is 1. The van der Waals surface area contributed by atoms with Gasteiger partial charge in [0.25, 0.3) is 0 Å². The molecule has 0 saturated carbocycles. The molecule has 0 unspecified atom stereocenters. The largest absolute Gasteiger partial charge is 0.507 e. The first-order valence-electron chi connectivity index (χ1n) is 10.6.